The molecule has 1 fully saturated rings. The summed E-state index contributed by atoms with van der Waals surface area (Å²) in [4.78, 5) is 14.4. The summed E-state index contributed by atoms with van der Waals surface area (Å²) in [5, 5.41) is 0. The Bertz CT molecular complexity index is 656. The first-order chi connectivity index (χ1) is 10.2. The smallest absolute Gasteiger partial charge is 0.227 e. The van der Waals surface area contributed by atoms with Gasteiger partial charge in [0.05, 0.1) is 17.9 Å². The summed E-state index contributed by atoms with van der Waals surface area (Å²) in [6.07, 6.45) is 0.913. The van der Waals surface area contributed by atoms with Gasteiger partial charge in [0, 0.05) is 12.6 Å². The van der Waals surface area contributed by atoms with Crippen molar-refractivity contribution in [3.05, 3.63) is 34.4 Å². The van der Waals surface area contributed by atoms with Crippen molar-refractivity contribution in [2.75, 3.05) is 18.1 Å². The Morgan fingerprint density at radius 3 is 2.27 bits per heavy atom. The first-order valence-electron chi connectivity index (χ1n) is 7.80. The van der Waals surface area contributed by atoms with Crippen LogP contribution in [-0.4, -0.2) is 43.3 Å². The van der Waals surface area contributed by atoms with E-state index in [1.165, 1.54) is 5.56 Å². The van der Waals surface area contributed by atoms with Gasteiger partial charge in [0.2, 0.25) is 5.91 Å². The molecule has 1 aliphatic heterocycles. The summed E-state index contributed by atoms with van der Waals surface area (Å²) < 4.78 is 23.3. The molecule has 0 aromatic heterocycles. The highest BCUT2D eigenvalue weighted by atomic mass is 32.2. The second-order valence-corrected chi connectivity index (χ2v) is 8.52. The largest absolute Gasteiger partial charge is 0.339 e. The van der Waals surface area contributed by atoms with Gasteiger partial charge in [-0.05, 0) is 50.8 Å². The molecule has 0 N–H and O–H groups in total. The number of aryl methyl sites for hydroxylation is 3. The van der Waals surface area contributed by atoms with E-state index in [9.17, 15) is 13.2 Å². The first kappa shape index (κ1) is 17.0. The molecule has 0 bridgehead atoms. The van der Waals surface area contributed by atoms with Gasteiger partial charge < -0.3 is 4.90 Å². The number of carbonyl (C=O) groups is 1. The van der Waals surface area contributed by atoms with Crippen molar-refractivity contribution in [2.24, 2.45) is 0 Å². The van der Waals surface area contributed by atoms with Gasteiger partial charge in [0.25, 0.3) is 0 Å². The van der Waals surface area contributed by atoms with E-state index in [4.69, 9.17) is 0 Å². The fourth-order valence-electron chi connectivity index (χ4n) is 3.40. The standard InChI is InChI=1S/C17H25NO3S/c1-5-18(15-6-7-22(20,21)11-15)17(19)10-16-13(3)8-12(2)9-14(16)4/h8-9,15H,5-7,10-11H2,1-4H3. The number of benzene rings is 1. The molecule has 1 heterocycles. The molecular weight excluding hydrogens is 298 g/mol. The minimum absolute atomic E-state index is 0.0275. The summed E-state index contributed by atoms with van der Waals surface area (Å²) in [6, 6.07) is 4.02. The first-order valence-corrected chi connectivity index (χ1v) is 9.62. The molecule has 0 aliphatic carbocycles. The number of likely N-dealkylation sites (N-methyl/N-ethyl adjacent to an activating group) is 1. The Morgan fingerprint density at radius 2 is 1.82 bits per heavy atom. The summed E-state index contributed by atoms with van der Waals surface area (Å²) >= 11 is 0. The van der Waals surface area contributed by atoms with Gasteiger partial charge >= 0.3 is 0 Å². The molecule has 1 aliphatic rings. The van der Waals surface area contributed by atoms with Gasteiger partial charge in [0.15, 0.2) is 9.84 Å². The highest BCUT2D eigenvalue weighted by molar-refractivity contribution is 7.91. The van der Waals surface area contributed by atoms with Crippen LogP contribution in [0.2, 0.25) is 0 Å². The van der Waals surface area contributed by atoms with Crippen molar-refractivity contribution in [1.29, 1.82) is 0 Å². The van der Waals surface area contributed by atoms with E-state index in [0.29, 0.717) is 19.4 Å². The third-order valence-electron chi connectivity index (χ3n) is 4.48. The molecule has 22 heavy (non-hydrogen) atoms. The highest BCUT2D eigenvalue weighted by Gasteiger charge is 2.33. The van der Waals surface area contributed by atoms with E-state index >= 15 is 0 Å². The lowest BCUT2D eigenvalue weighted by atomic mass is 9.96. The monoisotopic (exact) mass is 323 g/mol. The van der Waals surface area contributed by atoms with Crippen LogP contribution in [0.15, 0.2) is 12.1 Å². The topological polar surface area (TPSA) is 54.5 Å². The van der Waals surface area contributed by atoms with Crippen LogP contribution in [0.1, 0.15) is 35.6 Å². The van der Waals surface area contributed by atoms with Crippen molar-refractivity contribution in [3.8, 4) is 0 Å². The molecule has 1 aromatic carbocycles. The van der Waals surface area contributed by atoms with E-state index in [1.54, 1.807) is 4.90 Å². The van der Waals surface area contributed by atoms with E-state index in [-0.39, 0.29) is 23.5 Å². The lowest BCUT2D eigenvalue weighted by Crippen LogP contribution is -2.42. The van der Waals surface area contributed by atoms with Crippen LogP contribution < -0.4 is 0 Å². The van der Waals surface area contributed by atoms with Gasteiger partial charge in [0.1, 0.15) is 0 Å². The van der Waals surface area contributed by atoms with Gasteiger partial charge in [-0.3, -0.25) is 4.79 Å². The third-order valence-corrected chi connectivity index (χ3v) is 6.23. The highest BCUT2D eigenvalue weighted by Crippen LogP contribution is 2.21. The Kier molecular flexibility index (Phi) is 4.95. The van der Waals surface area contributed by atoms with Crippen molar-refractivity contribution in [2.45, 2.75) is 46.6 Å². The van der Waals surface area contributed by atoms with Crippen molar-refractivity contribution < 1.29 is 13.2 Å². The molecule has 4 nitrogen and oxygen atoms in total. The zero-order valence-corrected chi connectivity index (χ0v) is 14.7. The average molecular weight is 323 g/mol. The van der Waals surface area contributed by atoms with Crippen LogP contribution in [0.25, 0.3) is 0 Å². The second kappa shape index (κ2) is 6.41. The fourth-order valence-corrected chi connectivity index (χ4v) is 5.13. The molecule has 1 unspecified atom stereocenters. The minimum Gasteiger partial charge on any atom is -0.339 e. The van der Waals surface area contributed by atoms with Crippen molar-refractivity contribution in [1.82, 2.24) is 4.90 Å². The SMILES string of the molecule is CCN(C(=O)Cc1c(C)cc(C)cc1C)C1CCS(=O)(=O)C1. The number of amides is 1. The molecule has 0 spiro atoms. The van der Waals surface area contributed by atoms with Gasteiger partial charge in [-0.2, -0.15) is 0 Å². The van der Waals surface area contributed by atoms with Crippen molar-refractivity contribution >= 4 is 15.7 Å². The molecule has 122 valence electrons. The number of sulfone groups is 1. The van der Waals surface area contributed by atoms with E-state index in [2.05, 4.69) is 12.1 Å². The number of carbonyl (C=O) groups excluding carboxylic acids is 1. The molecule has 0 radical (unpaired) electrons. The third kappa shape index (κ3) is 3.69. The molecule has 1 amide bonds. The molecular formula is C17H25NO3S. The molecule has 1 aromatic rings. The Balaban J connectivity index is 2.17. The summed E-state index contributed by atoms with van der Waals surface area (Å²) in [5.74, 6) is 0.335. The Hall–Kier alpha value is -1.36. The van der Waals surface area contributed by atoms with Crippen LogP contribution in [0.3, 0.4) is 0 Å². The molecule has 0 saturated carbocycles. The van der Waals surface area contributed by atoms with Crippen LogP contribution >= 0.6 is 0 Å². The summed E-state index contributed by atoms with van der Waals surface area (Å²) in [7, 11) is -2.97. The van der Waals surface area contributed by atoms with Crippen LogP contribution in [-0.2, 0) is 21.1 Å². The molecule has 1 saturated heterocycles. The predicted octanol–water partition coefficient (Wildman–Crippen LogP) is 2.19. The Labute approximate surface area is 133 Å². The van der Waals surface area contributed by atoms with Crippen LogP contribution in [0.4, 0.5) is 0 Å². The maximum Gasteiger partial charge on any atom is 0.227 e. The predicted molar refractivity (Wildman–Crippen MR) is 88.8 cm³/mol. The fraction of sp³-hybridized carbons (Fsp3) is 0.588. The minimum atomic E-state index is -2.97. The van der Waals surface area contributed by atoms with Crippen LogP contribution in [0, 0.1) is 20.8 Å². The van der Waals surface area contributed by atoms with Gasteiger partial charge in [-0.25, -0.2) is 8.42 Å². The maximum absolute atomic E-state index is 12.7. The maximum atomic E-state index is 12.7. The number of hydrogen-bond acceptors (Lipinski definition) is 3. The average Bonchev–Trinajstić information content (AvgIpc) is 2.75. The summed E-state index contributed by atoms with van der Waals surface area (Å²) in [5.41, 5.74) is 4.51. The van der Waals surface area contributed by atoms with Crippen LogP contribution in [0.5, 0.6) is 0 Å². The normalized spacial score (nSPS) is 20.1. The number of hydrogen-bond donors (Lipinski definition) is 0. The van der Waals surface area contributed by atoms with E-state index in [0.717, 1.165) is 16.7 Å². The zero-order valence-electron chi connectivity index (χ0n) is 13.8. The number of nitrogens with zero attached hydrogens (tertiary/aromatic N) is 1. The lowest BCUT2D eigenvalue weighted by molar-refractivity contribution is -0.132. The number of rotatable bonds is 4. The van der Waals surface area contributed by atoms with E-state index < -0.39 is 9.84 Å². The molecule has 2 rings (SSSR count). The Morgan fingerprint density at radius 1 is 1.23 bits per heavy atom. The lowest BCUT2D eigenvalue weighted by Gasteiger charge is -2.27. The quantitative estimate of drug-likeness (QED) is 0.853. The zero-order chi connectivity index (χ0) is 16.5. The molecule has 5 heteroatoms. The summed E-state index contributed by atoms with van der Waals surface area (Å²) in [6.45, 7) is 8.58. The molecule has 1 atom stereocenters. The van der Waals surface area contributed by atoms with Gasteiger partial charge in [-0.15, -0.1) is 0 Å². The van der Waals surface area contributed by atoms with Gasteiger partial charge in [-0.1, -0.05) is 17.7 Å². The van der Waals surface area contributed by atoms with E-state index in [1.807, 2.05) is 27.7 Å². The van der Waals surface area contributed by atoms with Crippen molar-refractivity contribution in [3.63, 3.8) is 0 Å². The second-order valence-electron chi connectivity index (χ2n) is 6.29.